The molecule has 2 saturated carbocycles. The van der Waals surface area contributed by atoms with Gasteiger partial charge >= 0.3 is 0 Å². The van der Waals surface area contributed by atoms with Crippen molar-refractivity contribution in [2.45, 2.75) is 147 Å². The standard InChI is InChI=1S/C31H65N9O14/c1-40(6-10(41)8-49-28-20(43)12(34)2-14(36)26(28)53-30-18(38)24(47)22(45)16(4-32)51-30)7-11(42)9-50-29-21(44)13(35)3-15(37)27(29)54-31-19(39)25(48)23(46)17(5-33)52-31/h10-31,41-48H,2-9,32-39H2,1H3/t10-,11-,12-,13-,14+,15+,16-,17-,18-,19-,20+,21+,22-,23-,24-,25-,26-,27-,28-,29-,30-,31-/m1/s1. The molecule has 0 spiro atoms. The van der Waals surface area contributed by atoms with Crippen molar-refractivity contribution in [2.75, 3.05) is 46.4 Å². The molecule has 22 atom stereocenters. The first-order valence-electron chi connectivity index (χ1n) is 18.3. The summed E-state index contributed by atoms with van der Waals surface area (Å²) in [6.07, 6.45) is -18.8. The van der Waals surface area contributed by atoms with Gasteiger partial charge in [0.25, 0.3) is 0 Å². The number of aliphatic hydroxyl groups is 8. The van der Waals surface area contributed by atoms with Crippen molar-refractivity contribution in [3.63, 3.8) is 0 Å². The first-order valence-corrected chi connectivity index (χ1v) is 18.3. The van der Waals surface area contributed by atoms with Crippen LogP contribution in [0.5, 0.6) is 0 Å². The zero-order chi connectivity index (χ0) is 40.2. The molecule has 0 aromatic carbocycles. The first-order chi connectivity index (χ1) is 25.4. The molecule has 0 unspecified atom stereocenters. The third kappa shape index (κ3) is 10.8. The lowest BCUT2D eigenvalue weighted by Crippen LogP contribution is -2.68. The largest absolute Gasteiger partial charge is 0.389 e. The summed E-state index contributed by atoms with van der Waals surface area (Å²) in [5.41, 5.74) is 48.3. The molecule has 2 aliphatic heterocycles. The molecule has 2 heterocycles. The first kappa shape index (κ1) is 45.8. The minimum absolute atomic E-state index is 0.0106. The van der Waals surface area contributed by atoms with Crippen LogP contribution in [0.3, 0.4) is 0 Å². The summed E-state index contributed by atoms with van der Waals surface area (Å²) < 4.78 is 35.2. The van der Waals surface area contributed by atoms with Crippen molar-refractivity contribution < 1.29 is 69.3 Å². The van der Waals surface area contributed by atoms with Crippen molar-refractivity contribution in [2.24, 2.45) is 45.9 Å². The van der Waals surface area contributed by atoms with E-state index >= 15 is 0 Å². The molecular formula is C31H65N9O14. The summed E-state index contributed by atoms with van der Waals surface area (Å²) in [5.74, 6) is 0. The van der Waals surface area contributed by atoms with Crippen LogP contribution in [0.15, 0.2) is 0 Å². The van der Waals surface area contributed by atoms with Crippen molar-refractivity contribution in [1.82, 2.24) is 4.90 Å². The third-order valence-electron chi connectivity index (χ3n) is 10.7. The number of aliphatic hydroxyl groups excluding tert-OH is 8. The zero-order valence-electron chi connectivity index (χ0n) is 30.5. The fourth-order valence-electron chi connectivity index (χ4n) is 7.48. The van der Waals surface area contributed by atoms with E-state index in [1.54, 1.807) is 11.9 Å². The number of hydrogen-bond acceptors (Lipinski definition) is 23. The Bertz CT molecular complexity index is 1050. The lowest BCUT2D eigenvalue weighted by atomic mass is 9.84. The van der Waals surface area contributed by atoms with Crippen LogP contribution in [0, 0.1) is 0 Å². The molecule has 0 aromatic rings. The number of nitrogens with two attached hydrogens (primary N) is 8. The van der Waals surface area contributed by atoms with Crippen LogP contribution >= 0.6 is 0 Å². The second-order valence-electron chi connectivity index (χ2n) is 15.1. The molecule has 24 N–H and O–H groups in total. The maximum Gasteiger partial charge on any atom is 0.176 e. The molecule has 23 nitrogen and oxygen atoms in total. The highest BCUT2D eigenvalue weighted by Crippen LogP contribution is 2.30. The summed E-state index contributed by atoms with van der Waals surface area (Å²) in [6.45, 7) is -0.906. The molecule has 2 saturated heterocycles. The average molecular weight is 788 g/mol. The van der Waals surface area contributed by atoms with Crippen LogP contribution in [0.25, 0.3) is 0 Å². The molecule has 318 valence electrons. The van der Waals surface area contributed by atoms with E-state index in [-0.39, 0.29) is 52.2 Å². The number of ether oxygens (including phenoxy) is 6. The van der Waals surface area contributed by atoms with Crippen molar-refractivity contribution in [3.05, 3.63) is 0 Å². The highest BCUT2D eigenvalue weighted by Gasteiger charge is 2.50. The Labute approximate surface area is 313 Å². The predicted octanol–water partition coefficient (Wildman–Crippen LogP) is -10.5. The monoisotopic (exact) mass is 787 g/mol. The van der Waals surface area contributed by atoms with Crippen molar-refractivity contribution in [1.29, 1.82) is 0 Å². The minimum atomic E-state index is -1.41. The van der Waals surface area contributed by atoms with E-state index in [0.717, 1.165) is 0 Å². The van der Waals surface area contributed by atoms with Gasteiger partial charge in [0.2, 0.25) is 0 Å². The molecule has 23 heteroatoms. The van der Waals surface area contributed by atoms with Crippen LogP contribution in [-0.4, -0.2) is 226 Å². The minimum Gasteiger partial charge on any atom is -0.389 e. The van der Waals surface area contributed by atoms with E-state index in [2.05, 4.69) is 0 Å². The van der Waals surface area contributed by atoms with Gasteiger partial charge in [-0.3, -0.25) is 0 Å². The van der Waals surface area contributed by atoms with Crippen LogP contribution < -0.4 is 45.9 Å². The highest BCUT2D eigenvalue weighted by atomic mass is 16.7. The molecule has 0 bridgehead atoms. The molecule has 0 amide bonds. The Balaban J connectivity index is 1.30. The van der Waals surface area contributed by atoms with E-state index in [0.29, 0.717) is 0 Å². The van der Waals surface area contributed by atoms with Gasteiger partial charge < -0.3 is 120 Å². The molecule has 4 fully saturated rings. The van der Waals surface area contributed by atoms with Gasteiger partial charge in [-0.2, -0.15) is 0 Å². The molecule has 4 rings (SSSR count). The summed E-state index contributed by atoms with van der Waals surface area (Å²) in [6, 6.07) is -5.43. The Hall–Kier alpha value is -0.920. The second-order valence-corrected chi connectivity index (χ2v) is 15.1. The lowest BCUT2D eigenvalue weighted by molar-refractivity contribution is -0.292. The van der Waals surface area contributed by atoms with Gasteiger partial charge in [0.1, 0.15) is 61.0 Å². The molecule has 0 aromatic heterocycles. The number of rotatable bonds is 16. The zero-order valence-corrected chi connectivity index (χ0v) is 30.5. The van der Waals surface area contributed by atoms with Crippen LogP contribution in [0.4, 0.5) is 0 Å². The normalized spacial score (nSPS) is 47.4. The van der Waals surface area contributed by atoms with Crippen molar-refractivity contribution >= 4 is 0 Å². The van der Waals surface area contributed by atoms with E-state index in [1.165, 1.54) is 0 Å². The average Bonchev–Trinajstić information content (AvgIpc) is 3.12. The Morgan fingerprint density at radius 1 is 0.556 bits per heavy atom. The summed E-state index contributed by atoms with van der Waals surface area (Å²) >= 11 is 0. The molecule has 4 aliphatic rings. The Morgan fingerprint density at radius 3 is 1.24 bits per heavy atom. The smallest absolute Gasteiger partial charge is 0.176 e. The summed E-state index contributed by atoms with van der Waals surface area (Å²) in [5, 5.41) is 84.8. The van der Waals surface area contributed by atoms with Gasteiger partial charge in [0.05, 0.1) is 49.7 Å². The van der Waals surface area contributed by atoms with Gasteiger partial charge in [-0.05, 0) is 19.9 Å². The fraction of sp³-hybridized carbons (Fsp3) is 1.00. The lowest BCUT2D eigenvalue weighted by Gasteiger charge is -2.47. The molecule has 0 radical (unpaired) electrons. The summed E-state index contributed by atoms with van der Waals surface area (Å²) in [4.78, 5) is 1.59. The van der Waals surface area contributed by atoms with Crippen molar-refractivity contribution in [3.8, 4) is 0 Å². The van der Waals surface area contributed by atoms with E-state index in [1.807, 2.05) is 0 Å². The van der Waals surface area contributed by atoms with Gasteiger partial charge in [-0.1, -0.05) is 0 Å². The maximum absolute atomic E-state index is 10.9. The second kappa shape index (κ2) is 20.2. The molecular weight excluding hydrogens is 722 g/mol. The van der Waals surface area contributed by atoms with E-state index < -0.39 is 134 Å². The van der Waals surface area contributed by atoms with Gasteiger partial charge in [-0.25, -0.2) is 0 Å². The van der Waals surface area contributed by atoms with Crippen LogP contribution in [0.1, 0.15) is 12.8 Å². The number of hydrogen-bond donors (Lipinski definition) is 16. The Kier molecular flexibility index (Phi) is 17.1. The van der Waals surface area contributed by atoms with E-state index in [4.69, 9.17) is 74.3 Å². The fourth-order valence-corrected chi connectivity index (χ4v) is 7.48. The predicted molar refractivity (Wildman–Crippen MR) is 187 cm³/mol. The van der Waals surface area contributed by atoms with Gasteiger partial charge in [0.15, 0.2) is 12.6 Å². The van der Waals surface area contributed by atoms with Gasteiger partial charge in [-0.15, -0.1) is 0 Å². The third-order valence-corrected chi connectivity index (χ3v) is 10.7. The summed E-state index contributed by atoms with van der Waals surface area (Å²) in [7, 11) is 1.62. The quantitative estimate of drug-likeness (QED) is 0.0690. The highest BCUT2D eigenvalue weighted by molar-refractivity contribution is 5.02. The van der Waals surface area contributed by atoms with Crippen LogP contribution in [0.2, 0.25) is 0 Å². The number of likely N-dealkylation sites (N-methyl/N-ethyl adjacent to an activating group) is 1. The maximum atomic E-state index is 10.9. The SMILES string of the molecule is CN(C[C@@H](O)CO[C@@H]1[C@@H](O)[C@H](N)C[C@H](N)[C@H]1O[C@H]1O[C@H](CN)[C@@H](O)[C@H](O)[C@H]1N)C[C@@H](O)CO[C@@H]1[C@@H](O)[C@H](N)C[C@H](N)[C@H]1O[C@H]1O[C@H](CN)[C@@H](O)[C@H](O)[C@H]1N. The Morgan fingerprint density at radius 2 is 0.907 bits per heavy atom. The number of nitrogens with zero attached hydrogens (tertiary/aromatic N) is 1. The van der Waals surface area contributed by atoms with Gasteiger partial charge in [0, 0.05) is 50.3 Å². The molecule has 2 aliphatic carbocycles. The topological polar surface area (TPSA) is 429 Å². The van der Waals surface area contributed by atoms with Crippen LogP contribution in [-0.2, 0) is 28.4 Å². The van der Waals surface area contributed by atoms with E-state index in [9.17, 15) is 40.9 Å². The molecule has 54 heavy (non-hydrogen) atoms.